The van der Waals surface area contributed by atoms with Gasteiger partial charge in [0.15, 0.2) is 0 Å². The van der Waals surface area contributed by atoms with E-state index in [0.717, 1.165) is 44.6 Å². The number of rotatable bonds is 6. The first kappa shape index (κ1) is 34.2. The normalized spacial score (nSPS) is 11.9. The molecule has 0 aliphatic heterocycles. The van der Waals surface area contributed by atoms with Gasteiger partial charge in [0.25, 0.3) is 0 Å². The van der Waals surface area contributed by atoms with Crippen molar-refractivity contribution in [3.05, 3.63) is 126 Å². The molecule has 0 radical (unpaired) electrons. The molecule has 0 fully saturated rings. The van der Waals surface area contributed by atoms with Gasteiger partial charge < -0.3 is 14.0 Å². The SMILES string of the molecule is COc1ccnc(-n2c3[c-]c(Oc4[c-]c(-n5cc(-c6c(C(C)(C)C)cc(C)cc6C(C)(C)C)cn5)ccc4)ccc3c3ccccc32)c1.[Pt+2]. The van der Waals surface area contributed by atoms with Gasteiger partial charge in [-0.2, -0.15) is 17.2 Å². The van der Waals surface area contributed by atoms with Crippen molar-refractivity contribution in [3.8, 4) is 39.9 Å². The summed E-state index contributed by atoms with van der Waals surface area (Å²) in [7, 11) is 1.66. The smallest absolute Gasteiger partial charge is 0.509 e. The van der Waals surface area contributed by atoms with Crippen molar-refractivity contribution in [2.75, 3.05) is 7.11 Å². The molecule has 0 saturated heterocycles. The Morgan fingerprint density at radius 1 is 0.755 bits per heavy atom. The standard InChI is InChI=1S/C42H40N4O2.Pt/c1-27-20-35(41(2,3)4)40(36(21-27)42(5,6)7)28-25-44-45(26-28)29-12-11-13-31(22-29)48-32-16-17-34-33-14-9-10-15-37(33)46(38(34)23-32)39-24-30(47-8)18-19-43-39;/h9-21,24-26H,1-8H3;/q-2;+2. The minimum atomic E-state index is -0.0325. The van der Waals surface area contributed by atoms with Crippen LogP contribution in [0.4, 0.5) is 0 Å². The number of ether oxygens (including phenoxy) is 2. The van der Waals surface area contributed by atoms with Crippen molar-refractivity contribution in [1.82, 2.24) is 19.3 Å². The zero-order valence-corrected chi connectivity index (χ0v) is 31.4. The number of nitrogens with zero attached hydrogens (tertiary/aromatic N) is 4. The second-order valence-corrected chi connectivity index (χ2v) is 14.4. The number of hydrogen-bond donors (Lipinski definition) is 0. The molecule has 7 heteroatoms. The molecule has 4 aromatic carbocycles. The number of aromatic nitrogens is 4. The third-order valence-corrected chi connectivity index (χ3v) is 8.73. The van der Waals surface area contributed by atoms with Crippen LogP contribution in [0.25, 0.3) is 44.4 Å². The van der Waals surface area contributed by atoms with Gasteiger partial charge >= 0.3 is 21.1 Å². The summed E-state index contributed by atoms with van der Waals surface area (Å²) in [5.41, 5.74) is 8.87. The summed E-state index contributed by atoms with van der Waals surface area (Å²) < 4.78 is 15.9. The fraction of sp³-hybridized carbons (Fsp3) is 0.238. The van der Waals surface area contributed by atoms with E-state index >= 15 is 0 Å². The Morgan fingerprint density at radius 3 is 2.18 bits per heavy atom. The third kappa shape index (κ3) is 6.55. The zero-order valence-electron chi connectivity index (χ0n) is 29.2. The molecule has 0 N–H and O–H groups in total. The van der Waals surface area contributed by atoms with Crippen molar-refractivity contribution >= 4 is 21.8 Å². The van der Waals surface area contributed by atoms with E-state index in [2.05, 4.69) is 107 Å². The van der Waals surface area contributed by atoms with Crippen LogP contribution in [0.1, 0.15) is 58.2 Å². The number of aryl methyl sites for hydroxylation is 1. The topological polar surface area (TPSA) is 54.1 Å². The Hall–Kier alpha value is -4.67. The molecule has 0 aliphatic carbocycles. The Kier molecular flexibility index (Phi) is 9.06. The van der Waals surface area contributed by atoms with E-state index in [1.807, 2.05) is 59.4 Å². The molecule has 7 aromatic rings. The van der Waals surface area contributed by atoms with Gasteiger partial charge in [0, 0.05) is 41.0 Å². The molecule has 6 nitrogen and oxygen atoms in total. The average Bonchev–Trinajstić information content (AvgIpc) is 3.67. The summed E-state index contributed by atoms with van der Waals surface area (Å²) in [5.74, 6) is 2.63. The van der Waals surface area contributed by atoms with E-state index in [9.17, 15) is 0 Å². The van der Waals surface area contributed by atoms with Gasteiger partial charge in [-0.25, -0.2) is 4.98 Å². The quantitative estimate of drug-likeness (QED) is 0.157. The van der Waals surface area contributed by atoms with Crippen molar-refractivity contribution in [2.45, 2.75) is 59.3 Å². The van der Waals surface area contributed by atoms with Crippen molar-refractivity contribution in [3.63, 3.8) is 0 Å². The Balaban J connectivity index is 0.00000417. The predicted octanol–water partition coefficient (Wildman–Crippen LogP) is 10.3. The molecule has 3 heterocycles. The minimum absolute atomic E-state index is 0. The Morgan fingerprint density at radius 2 is 1.47 bits per heavy atom. The number of pyridine rings is 1. The first-order chi connectivity index (χ1) is 22.9. The fourth-order valence-electron chi connectivity index (χ4n) is 6.43. The van der Waals surface area contributed by atoms with Crippen molar-refractivity contribution < 1.29 is 30.5 Å². The van der Waals surface area contributed by atoms with Crippen LogP contribution in [0.5, 0.6) is 17.2 Å². The van der Waals surface area contributed by atoms with Gasteiger partial charge in [-0.15, -0.1) is 35.7 Å². The number of methoxy groups -OCH3 is 1. The number of fused-ring (bicyclic) bond motifs is 3. The molecular weight excluding hydrogens is 788 g/mol. The van der Waals surface area contributed by atoms with Crippen molar-refractivity contribution in [1.29, 1.82) is 0 Å². The van der Waals surface area contributed by atoms with E-state index in [-0.39, 0.29) is 31.9 Å². The van der Waals surface area contributed by atoms with Crippen LogP contribution < -0.4 is 9.47 Å². The van der Waals surface area contributed by atoms with Gasteiger partial charge in [0.1, 0.15) is 11.6 Å². The summed E-state index contributed by atoms with van der Waals surface area (Å²) in [4.78, 5) is 4.66. The van der Waals surface area contributed by atoms with Crippen molar-refractivity contribution in [2.24, 2.45) is 0 Å². The molecule has 3 aromatic heterocycles. The monoisotopic (exact) mass is 827 g/mol. The molecule has 0 amide bonds. The van der Waals surface area contributed by atoms with Crippen LogP contribution in [0, 0.1) is 19.1 Å². The summed E-state index contributed by atoms with van der Waals surface area (Å²) >= 11 is 0. The van der Waals surface area contributed by atoms with Crippen LogP contribution in [-0.4, -0.2) is 26.4 Å². The summed E-state index contributed by atoms with van der Waals surface area (Å²) in [5, 5.41) is 6.98. The first-order valence-corrected chi connectivity index (χ1v) is 16.3. The van der Waals surface area contributed by atoms with Crippen LogP contribution >= 0.6 is 0 Å². The van der Waals surface area contributed by atoms with Crippen LogP contribution in [-0.2, 0) is 31.9 Å². The summed E-state index contributed by atoms with van der Waals surface area (Å²) in [6.07, 6.45) is 5.81. The molecular formula is C42H40N4O2Pt. The number of para-hydroxylation sites is 1. The molecule has 7 rings (SSSR count). The third-order valence-electron chi connectivity index (χ3n) is 8.73. The number of hydrogen-bond acceptors (Lipinski definition) is 4. The molecule has 49 heavy (non-hydrogen) atoms. The van der Waals surface area contributed by atoms with E-state index in [1.54, 1.807) is 13.3 Å². The Labute approximate surface area is 303 Å². The average molecular weight is 828 g/mol. The maximum Gasteiger partial charge on any atom is 2.00 e. The molecule has 0 bridgehead atoms. The fourth-order valence-corrected chi connectivity index (χ4v) is 6.43. The molecule has 0 unspecified atom stereocenters. The van der Waals surface area contributed by atoms with E-state index in [1.165, 1.54) is 22.3 Å². The maximum atomic E-state index is 6.40. The molecule has 0 aliphatic rings. The van der Waals surface area contributed by atoms with E-state index in [0.29, 0.717) is 11.5 Å². The van der Waals surface area contributed by atoms with E-state index < -0.39 is 0 Å². The second kappa shape index (κ2) is 13.0. The maximum absolute atomic E-state index is 6.40. The van der Waals surface area contributed by atoms with Gasteiger partial charge in [-0.05, 0) is 57.7 Å². The van der Waals surface area contributed by atoms with Crippen LogP contribution in [0.2, 0.25) is 0 Å². The second-order valence-electron chi connectivity index (χ2n) is 14.4. The largest absolute Gasteiger partial charge is 2.00 e. The van der Waals surface area contributed by atoms with Gasteiger partial charge in [-0.3, -0.25) is 4.68 Å². The molecule has 0 spiro atoms. The summed E-state index contributed by atoms with van der Waals surface area (Å²) in [6, 6.07) is 33.5. The van der Waals surface area contributed by atoms with Gasteiger partial charge in [0.05, 0.1) is 13.3 Å². The zero-order chi connectivity index (χ0) is 33.8. The minimum Gasteiger partial charge on any atom is -0.509 e. The van der Waals surface area contributed by atoms with E-state index in [4.69, 9.17) is 14.6 Å². The molecule has 250 valence electrons. The van der Waals surface area contributed by atoms with Crippen LogP contribution in [0.3, 0.4) is 0 Å². The molecule has 0 saturated carbocycles. The first-order valence-electron chi connectivity index (χ1n) is 16.3. The van der Waals surface area contributed by atoms with Crippen LogP contribution in [0.15, 0.2) is 97.5 Å². The Bertz CT molecular complexity index is 2270. The predicted molar refractivity (Wildman–Crippen MR) is 194 cm³/mol. The number of benzene rings is 4. The van der Waals surface area contributed by atoms with Gasteiger partial charge in [0.2, 0.25) is 0 Å². The summed E-state index contributed by atoms with van der Waals surface area (Å²) in [6.45, 7) is 15.8. The molecule has 0 atom stereocenters. The van der Waals surface area contributed by atoms with Gasteiger partial charge in [-0.1, -0.05) is 83.0 Å².